The van der Waals surface area contributed by atoms with E-state index in [0.717, 1.165) is 11.5 Å². The van der Waals surface area contributed by atoms with Crippen LogP contribution in [0.1, 0.15) is 18.1 Å². The van der Waals surface area contributed by atoms with E-state index in [2.05, 4.69) is 12.1 Å². The molecule has 0 bridgehead atoms. The van der Waals surface area contributed by atoms with E-state index in [1.165, 1.54) is 22.9 Å². The Morgan fingerprint density at radius 3 is 1.70 bits per heavy atom. The Balaban J connectivity index is 0.000000303. The van der Waals surface area contributed by atoms with Gasteiger partial charge < -0.3 is 21.3 Å². The van der Waals surface area contributed by atoms with Gasteiger partial charge in [0.2, 0.25) is 0 Å². The quantitative estimate of drug-likeness (QED) is 0.447. The number of carboxylic acid groups (broad SMARTS) is 1. The molecule has 0 fully saturated rings. The van der Waals surface area contributed by atoms with E-state index in [4.69, 9.17) is 21.3 Å². The summed E-state index contributed by atoms with van der Waals surface area (Å²) in [7, 11) is 0. The van der Waals surface area contributed by atoms with Crippen molar-refractivity contribution in [2.45, 2.75) is 30.5 Å². The fourth-order valence-electron chi connectivity index (χ4n) is 2.14. The van der Waals surface area contributed by atoms with Crippen LogP contribution in [-0.2, 0) is 25.8 Å². The van der Waals surface area contributed by atoms with Gasteiger partial charge in [-0.25, -0.2) is 0 Å². The first-order valence-electron chi connectivity index (χ1n) is 9.58. The third kappa shape index (κ3) is 11.9. The van der Waals surface area contributed by atoms with Gasteiger partial charge in [-0.2, -0.15) is 23.5 Å². The highest BCUT2D eigenvalue weighted by atomic mass is 32.2. The van der Waals surface area contributed by atoms with Crippen LogP contribution in [0.4, 0.5) is 0 Å². The number of rotatable bonds is 11. The predicted molar refractivity (Wildman–Crippen MR) is 125 cm³/mol. The number of ether oxygens (including phenoxy) is 1. The second-order valence-electron chi connectivity index (χ2n) is 6.30. The molecule has 0 amide bonds. The summed E-state index contributed by atoms with van der Waals surface area (Å²) < 4.78 is 4.83. The molecule has 164 valence electrons. The molecule has 5 N–H and O–H groups in total. The van der Waals surface area contributed by atoms with Crippen molar-refractivity contribution < 1.29 is 19.4 Å². The number of aliphatic carboxylic acids is 1. The van der Waals surface area contributed by atoms with Crippen molar-refractivity contribution in [2.75, 3.05) is 18.1 Å². The van der Waals surface area contributed by atoms with Crippen LogP contribution < -0.4 is 11.5 Å². The standard InChI is InChI=1S/C12H17NO2S.C10H13NO2S/c1-2-15-12(14)11(13)9-16-8-10-6-4-3-5-7-10;11-9(10(12)13)7-14-6-8-4-2-1-3-5-8/h3-7,11H,2,8-9,13H2,1H3;1-5,9H,6-7,11H2,(H,12,13)/t11-;9-/m00/s1. The predicted octanol–water partition coefficient (Wildman–Crippen LogP) is 3.14. The van der Waals surface area contributed by atoms with Gasteiger partial charge in [-0.05, 0) is 18.1 Å². The van der Waals surface area contributed by atoms with Crippen LogP contribution in [0.2, 0.25) is 0 Å². The number of hydrogen-bond acceptors (Lipinski definition) is 7. The Morgan fingerprint density at radius 2 is 1.30 bits per heavy atom. The van der Waals surface area contributed by atoms with Crippen molar-refractivity contribution in [2.24, 2.45) is 11.5 Å². The van der Waals surface area contributed by atoms with Crippen molar-refractivity contribution in [3.8, 4) is 0 Å². The minimum atomic E-state index is -0.939. The number of esters is 1. The molecule has 0 aromatic heterocycles. The van der Waals surface area contributed by atoms with Crippen LogP contribution in [0.5, 0.6) is 0 Å². The fraction of sp³-hybridized carbons (Fsp3) is 0.364. The molecule has 8 heteroatoms. The average molecular weight is 451 g/mol. The Kier molecular flexibility index (Phi) is 13.7. The Bertz CT molecular complexity index is 732. The van der Waals surface area contributed by atoms with E-state index in [9.17, 15) is 9.59 Å². The number of nitrogens with two attached hydrogens (primary N) is 2. The van der Waals surface area contributed by atoms with Gasteiger partial charge in [0.15, 0.2) is 0 Å². The molecule has 0 saturated heterocycles. The molecule has 0 aliphatic heterocycles. The largest absolute Gasteiger partial charge is 0.480 e. The average Bonchev–Trinajstić information content (AvgIpc) is 2.75. The highest BCUT2D eigenvalue weighted by molar-refractivity contribution is 7.98. The zero-order valence-corrected chi connectivity index (χ0v) is 18.7. The van der Waals surface area contributed by atoms with Crippen molar-refractivity contribution in [3.63, 3.8) is 0 Å². The summed E-state index contributed by atoms with van der Waals surface area (Å²) in [4.78, 5) is 21.6. The number of carbonyl (C=O) groups is 2. The van der Waals surface area contributed by atoms with Crippen LogP contribution in [0, 0.1) is 0 Å². The Labute approximate surface area is 186 Å². The van der Waals surface area contributed by atoms with Crippen LogP contribution in [0.25, 0.3) is 0 Å². The maximum atomic E-state index is 11.2. The summed E-state index contributed by atoms with van der Waals surface area (Å²) in [5.74, 6) is 1.46. The van der Waals surface area contributed by atoms with Crippen LogP contribution in [0.3, 0.4) is 0 Å². The van der Waals surface area contributed by atoms with E-state index in [1.807, 2.05) is 48.5 Å². The SMILES string of the molecule is CCOC(=O)[C@@H](N)CSCc1ccccc1.N[C@@H](CSCc1ccccc1)C(=O)O. The van der Waals surface area contributed by atoms with Gasteiger partial charge in [0, 0.05) is 23.0 Å². The molecule has 30 heavy (non-hydrogen) atoms. The van der Waals surface area contributed by atoms with Gasteiger partial charge in [0.1, 0.15) is 12.1 Å². The van der Waals surface area contributed by atoms with Crippen LogP contribution >= 0.6 is 23.5 Å². The highest BCUT2D eigenvalue weighted by Gasteiger charge is 2.14. The minimum absolute atomic E-state index is 0.317. The van der Waals surface area contributed by atoms with E-state index in [-0.39, 0.29) is 5.97 Å². The van der Waals surface area contributed by atoms with Gasteiger partial charge in [-0.3, -0.25) is 9.59 Å². The lowest BCUT2D eigenvalue weighted by atomic mass is 10.2. The molecule has 0 heterocycles. The molecule has 6 nitrogen and oxygen atoms in total. The normalized spacial score (nSPS) is 12.2. The molecule has 2 aromatic rings. The van der Waals surface area contributed by atoms with E-state index in [0.29, 0.717) is 18.1 Å². The maximum Gasteiger partial charge on any atom is 0.323 e. The van der Waals surface area contributed by atoms with E-state index >= 15 is 0 Å². The second-order valence-corrected chi connectivity index (χ2v) is 8.37. The summed E-state index contributed by atoms with van der Waals surface area (Å²) in [5.41, 5.74) is 13.5. The lowest BCUT2D eigenvalue weighted by molar-refractivity contribution is -0.144. The smallest absolute Gasteiger partial charge is 0.323 e. The van der Waals surface area contributed by atoms with E-state index in [1.54, 1.807) is 18.7 Å². The molecule has 2 atom stereocenters. The third-order valence-electron chi connectivity index (χ3n) is 3.72. The zero-order chi connectivity index (χ0) is 22.2. The summed E-state index contributed by atoms with van der Waals surface area (Å²) in [5, 5.41) is 8.54. The molecule has 0 unspecified atom stereocenters. The topological polar surface area (TPSA) is 116 Å². The molecule has 0 aliphatic rings. The highest BCUT2D eigenvalue weighted by Crippen LogP contribution is 2.13. The van der Waals surface area contributed by atoms with E-state index < -0.39 is 18.1 Å². The van der Waals surface area contributed by atoms with Crippen molar-refractivity contribution >= 4 is 35.5 Å². The number of carbonyl (C=O) groups excluding carboxylic acids is 1. The monoisotopic (exact) mass is 450 g/mol. The van der Waals surface area contributed by atoms with Crippen molar-refractivity contribution in [1.82, 2.24) is 0 Å². The second kappa shape index (κ2) is 15.8. The first-order chi connectivity index (χ1) is 14.4. The van der Waals surface area contributed by atoms with Crippen molar-refractivity contribution in [1.29, 1.82) is 0 Å². The first kappa shape index (κ1) is 26.0. The molecule has 0 saturated carbocycles. The Morgan fingerprint density at radius 1 is 0.867 bits per heavy atom. The molecule has 0 aliphatic carbocycles. The maximum absolute atomic E-state index is 11.2. The number of hydrogen-bond donors (Lipinski definition) is 3. The first-order valence-corrected chi connectivity index (χ1v) is 11.9. The molecule has 2 rings (SSSR count). The van der Waals surface area contributed by atoms with Crippen molar-refractivity contribution in [3.05, 3.63) is 71.8 Å². The van der Waals surface area contributed by atoms with Gasteiger partial charge in [-0.15, -0.1) is 0 Å². The molecular formula is C22H30N2O4S2. The zero-order valence-electron chi connectivity index (χ0n) is 17.1. The molecule has 0 spiro atoms. The summed E-state index contributed by atoms with van der Waals surface area (Å²) in [6, 6.07) is 18.7. The summed E-state index contributed by atoms with van der Waals surface area (Å²) in [6.07, 6.45) is 0. The lowest BCUT2D eigenvalue weighted by Crippen LogP contribution is -2.34. The molecular weight excluding hydrogens is 420 g/mol. The van der Waals surface area contributed by atoms with Gasteiger partial charge in [0.05, 0.1) is 6.61 Å². The number of benzene rings is 2. The lowest BCUT2D eigenvalue weighted by Gasteiger charge is -2.09. The fourth-order valence-corrected chi connectivity index (χ4v) is 4.02. The van der Waals surface area contributed by atoms with Gasteiger partial charge >= 0.3 is 11.9 Å². The third-order valence-corrected chi connectivity index (χ3v) is 5.99. The van der Waals surface area contributed by atoms with Gasteiger partial charge in [-0.1, -0.05) is 60.7 Å². The van der Waals surface area contributed by atoms with Crippen LogP contribution in [0.15, 0.2) is 60.7 Å². The number of carboxylic acids is 1. The van der Waals surface area contributed by atoms with Gasteiger partial charge in [0.25, 0.3) is 0 Å². The minimum Gasteiger partial charge on any atom is -0.480 e. The molecule has 2 aromatic carbocycles. The molecule has 0 radical (unpaired) electrons. The Hall–Kier alpha value is -2.00. The summed E-state index contributed by atoms with van der Waals surface area (Å²) in [6.45, 7) is 2.16. The summed E-state index contributed by atoms with van der Waals surface area (Å²) >= 11 is 3.18. The number of thioether (sulfide) groups is 2. The van der Waals surface area contributed by atoms with Crippen LogP contribution in [-0.4, -0.2) is 47.2 Å².